The van der Waals surface area contributed by atoms with Crippen molar-refractivity contribution in [2.75, 3.05) is 4.90 Å². The predicted octanol–water partition coefficient (Wildman–Crippen LogP) is 4.12. The first-order chi connectivity index (χ1) is 9.56. The van der Waals surface area contributed by atoms with Crippen molar-refractivity contribution in [2.24, 2.45) is 0 Å². The molecule has 3 rings (SSSR count). The third-order valence-corrected chi connectivity index (χ3v) is 4.15. The number of hydrogen-bond acceptors (Lipinski definition) is 3. The SMILES string of the molecule is Oc1ccc2c(c1)C=CN(c1ccc(O)c(F)c1)C2Br. The summed E-state index contributed by atoms with van der Waals surface area (Å²) in [6.45, 7) is 0. The maximum absolute atomic E-state index is 13.5. The van der Waals surface area contributed by atoms with Crippen LogP contribution < -0.4 is 4.90 Å². The van der Waals surface area contributed by atoms with Gasteiger partial charge in [0.05, 0.1) is 0 Å². The van der Waals surface area contributed by atoms with Crippen LogP contribution in [0.1, 0.15) is 16.1 Å². The number of halogens is 2. The fourth-order valence-corrected chi connectivity index (χ4v) is 2.97. The molecule has 1 heterocycles. The number of phenols is 2. The molecule has 0 aliphatic carbocycles. The molecule has 0 radical (unpaired) electrons. The van der Waals surface area contributed by atoms with Crippen LogP contribution in [0.4, 0.5) is 10.1 Å². The molecule has 5 heteroatoms. The second kappa shape index (κ2) is 4.83. The summed E-state index contributed by atoms with van der Waals surface area (Å²) in [7, 11) is 0. The standard InChI is InChI=1S/C15H11BrFNO2/c16-15-12-3-2-11(19)7-9(12)5-6-18(15)10-1-4-14(20)13(17)8-10/h1-8,15,19-20H. The molecule has 1 aliphatic rings. The second-order valence-corrected chi connectivity index (χ2v) is 5.38. The third kappa shape index (κ3) is 2.14. The first kappa shape index (κ1) is 13.0. The number of aromatic hydroxyl groups is 2. The summed E-state index contributed by atoms with van der Waals surface area (Å²) < 4.78 is 13.5. The topological polar surface area (TPSA) is 43.7 Å². The van der Waals surface area contributed by atoms with E-state index in [4.69, 9.17) is 0 Å². The van der Waals surface area contributed by atoms with E-state index in [0.29, 0.717) is 5.69 Å². The molecule has 1 atom stereocenters. The first-order valence-electron chi connectivity index (χ1n) is 5.98. The van der Waals surface area contributed by atoms with Crippen molar-refractivity contribution in [2.45, 2.75) is 4.95 Å². The molecule has 20 heavy (non-hydrogen) atoms. The van der Waals surface area contributed by atoms with E-state index < -0.39 is 5.82 Å². The van der Waals surface area contributed by atoms with E-state index in [9.17, 15) is 14.6 Å². The summed E-state index contributed by atoms with van der Waals surface area (Å²) in [5, 5.41) is 18.7. The fraction of sp³-hybridized carbons (Fsp3) is 0.0667. The second-order valence-electron chi connectivity index (χ2n) is 4.51. The molecule has 0 aromatic heterocycles. The van der Waals surface area contributed by atoms with Crippen LogP contribution in [0.25, 0.3) is 6.08 Å². The summed E-state index contributed by atoms with van der Waals surface area (Å²) >= 11 is 3.57. The molecule has 2 aromatic rings. The Balaban J connectivity index is 2.02. The van der Waals surface area contributed by atoms with E-state index in [1.165, 1.54) is 12.1 Å². The largest absolute Gasteiger partial charge is 0.508 e. The highest BCUT2D eigenvalue weighted by Crippen LogP contribution is 2.39. The van der Waals surface area contributed by atoms with E-state index in [0.717, 1.165) is 11.1 Å². The van der Waals surface area contributed by atoms with Crippen LogP contribution >= 0.6 is 15.9 Å². The molecule has 102 valence electrons. The lowest BCUT2D eigenvalue weighted by Crippen LogP contribution is -2.21. The van der Waals surface area contributed by atoms with Crippen LogP contribution in [0.15, 0.2) is 42.6 Å². The van der Waals surface area contributed by atoms with Gasteiger partial charge in [0.15, 0.2) is 11.6 Å². The molecule has 1 unspecified atom stereocenters. The molecule has 0 saturated heterocycles. The van der Waals surface area contributed by atoms with Gasteiger partial charge < -0.3 is 15.1 Å². The highest BCUT2D eigenvalue weighted by Gasteiger charge is 2.22. The molecular formula is C15H11BrFNO2. The Morgan fingerprint density at radius 3 is 2.65 bits per heavy atom. The minimum Gasteiger partial charge on any atom is -0.508 e. The van der Waals surface area contributed by atoms with Crippen LogP contribution in [0, 0.1) is 5.82 Å². The number of alkyl halides is 1. The van der Waals surface area contributed by atoms with Crippen LogP contribution in [-0.2, 0) is 0 Å². The Morgan fingerprint density at radius 1 is 1.10 bits per heavy atom. The molecule has 0 bridgehead atoms. The summed E-state index contributed by atoms with van der Waals surface area (Å²) in [6, 6.07) is 9.35. The average Bonchev–Trinajstić information content (AvgIpc) is 2.42. The summed E-state index contributed by atoms with van der Waals surface area (Å²) in [4.78, 5) is 1.66. The molecule has 1 aliphatic heterocycles. The van der Waals surface area contributed by atoms with Gasteiger partial charge >= 0.3 is 0 Å². The average molecular weight is 336 g/mol. The Morgan fingerprint density at radius 2 is 1.90 bits per heavy atom. The Hall–Kier alpha value is -2.01. The van der Waals surface area contributed by atoms with Crippen molar-refractivity contribution in [3.05, 3.63) is 59.5 Å². The van der Waals surface area contributed by atoms with Gasteiger partial charge in [0.1, 0.15) is 10.7 Å². The maximum Gasteiger partial charge on any atom is 0.166 e. The zero-order valence-electron chi connectivity index (χ0n) is 10.3. The Bertz CT molecular complexity index is 702. The third-order valence-electron chi connectivity index (χ3n) is 3.22. The van der Waals surface area contributed by atoms with E-state index >= 15 is 0 Å². The van der Waals surface area contributed by atoms with Gasteiger partial charge in [-0.3, -0.25) is 0 Å². The zero-order chi connectivity index (χ0) is 14.3. The zero-order valence-corrected chi connectivity index (χ0v) is 11.9. The van der Waals surface area contributed by atoms with E-state index in [1.54, 1.807) is 24.4 Å². The number of fused-ring (bicyclic) bond motifs is 1. The minimum absolute atomic E-state index is 0.174. The van der Waals surface area contributed by atoms with Crippen LogP contribution in [0.3, 0.4) is 0 Å². The van der Waals surface area contributed by atoms with Crippen molar-refractivity contribution < 1.29 is 14.6 Å². The number of anilines is 1. The van der Waals surface area contributed by atoms with Gasteiger partial charge in [-0.05, 0) is 41.5 Å². The molecule has 3 nitrogen and oxygen atoms in total. The Labute approximate surface area is 123 Å². The molecule has 2 aromatic carbocycles. The molecule has 0 amide bonds. The van der Waals surface area contributed by atoms with E-state index in [2.05, 4.69) is 15.9 Å². The van der Waals surface area contributed by atoms with Crippen molar-refractivity contribution in [3.8, 4) is 11.5 Å². The lowest BCUT2D eigenvalue weighted by atomic mass is 10.0. The maximum atomic E-state index is 13.5. The molecule has 2 N–H and O–H groups in total. The van der Waals surface area contributed by atoms with Crippen molar-refractivity contribution in [3.63, 3.8) is 0 Å². The molecular weight excluding hydrogens is 325 g/mol. The van der Waals surface area contributed by atoms with Gasteiger partial charge in [-0.1, -0.05) is 22.0 Å². The number of hydrogen-bond donors (Lipinski definition) is 2. The van der Waals surface area contributed by atoms with Crippen molar-refractivity contribution >= 4 is 27.7 Å². The lowest BCUT2D eigenvalue weighted by molar-refractivity contribution is 0.432. The molecule has 0 spiro atoms. The molecule has 0 saturated carbocycles. The van der Waals surface area contributed by atoms with Gasteiger partial charge in [0.25, 0.3) is 0 Å². The van der Waals surface area contributed by atoms with Crippen molar-refractivity contribution in [1.29, 1.82) is 0 Å². The quantitative estimate of drug-likeness (QED) is 0.608. The summed E-state index contributed by atoms with van der Waals surface area (Å²) in [6.07, 6.45) is 3.64. The number of rotatable bonds is 1. The normalized spacial score (nSPS) is 17.1. The highest BCUT2D eigenvalue weighted by atomic mass is 79.9. The van der Waals surface area contributed by atoms with Crippen LogP contribution in [0.2, 0.25) is 0 Å². The summed E-state index contributed by atoms with van der Waals surface area (Å²) in [5.41, 5.74) is 2.50. The van der Waals surface area contributed by atoms with E-state index in [-0.39, 0.29) is 16.5 Å². The minimum atomic E-state index is -0.660. The monoisotopic (exact) mass is 335 g/mol. The predicted molar refractivity (Wildman–Crippen MR) is 79.4 cm³/mol. The Kier molecular flexibility index (Phi) is 3.14. The van der Waals surface area contributed by atoms with E-state index in [1.807, 2.05) is 17.0 Å². The number of nitrogens with zero attached hydrogens (tertiary/aromatic N) is 1. The van der Waals surface area contributed by atoms with Gasteiger partial charge in [-0.25, -0.2) is 4.39 Å². The number of benzene rings is 2. The van der Waals surface area contributed by atoms with Gasteiger partial charge in [-0.15, -0.1) is 0 Å². The fourth-order valence-electron chi connectivity index (χ4n) is 2.18. The first-order valence-corrected chi connectivity index (χ1v) is 6.90. The van der Waals surface area contributed by atoms with Gasteiger partial charge in [0, 0.05) is 18.0 Å². The summed E-state index contributed by atoms with van der Waals surface area (Å²) in [5.74, 6) is -0.824. The van der Waals surface area contributed by atoms with Crippen LogP contribution in [-0.4, -0.2) is 10.2 Å². The van der Waals surface area contributed by atoms with Gasteiger partial charge in [-0.2, -0.15) is 0 Å². The smallest absolute Gasteiger partial charge is 0.166 e. The lowest BCUT2D eigenvalue weighted by Gasteiger charge is -2.31. The van der Waals surface area contributed by atoms with Crippen LogP contribution in [0.5, 0.6) is 11.5 Å². The number of phenolic OH excluding ortho intramolecular Hbond substituents is 2. The van der Waals surface area contributed by atoms with Gasteiger partial charge in [0.2, 0.25) is 0 Å². The highest BCUT2D eigenvalue weighted by molar-refractivity contribution is 9.09. The van der Waals surface area contributed by atoms with Crippen molar-refractivity contribution in [1.82, 2.24) is 0 Å². The molecule has 0 fully saturated rings.